The minimum absolute atomic E-state index is 0.0297. The number of anilines is 1. The molecule has 5 atom stereocenters. The van der Waals surface area contributed by atoms with Crippen LogP contribution in [-0.4, -0.2) is 53.0 Å². The van der Waals surface area contributed by atoms with E-state index in [0.717, 1.165) is 9.42 Å². The second kappa shape index (κ2) is 8.40. The van der Waals surface area contributed by atoms with Gasteiger partial charge in [-0.15, -0.1) is 4.86 Å². The lowest BCUT2D eigenvalue weighted by Gasteiger charge is -2.20. The molecule has 0 saturated carbocycles. The van der Waals surface area contributed by atoms with Crippen molar-refractivity contribution < 1.29 is 51.9 Å². The summed E-state index contributed by atoms with van der Waals surface area (Å²) in [5, 5.41) is 9.96. The van der Waals surface area contributed by atoms with E-state index in [1.807, 2.05) is 0 Å². The monoisotopic (exact) mass is 466 g/mol. The number of nitrogens with two attached hydrogens (primary N) is 1. The fraction of sp³-hybridized carbons (Fsp3) is 0.556. The third-order valence-corrected chi connectivity index (χ3v) is 7.51. The van der Waals surface area contributed by atoms with Crippen LogP contribution in [0, 0.1) is 0 Å². The quantitative estimate of drug-likeness (QED) is 0.213. The van der Waals surface area contributed by atoms with Crippen LogP contribution >= 0.6 is 23.3 Å². The van der Waals surface area contributed by atoms with Crippen molar-refractivity contribution in [3.8, 4) is 0 Å². The van der Waals surface area contributed by atoms with Gasteiger partial charge in [0.15, 0.2) is 0 Å². The Morgan fingerprint density at radius 2 is 1.93 bits per heavy atom. The molecule has 19 heteroatoms. The maximum Gasteiger partial charge on any atom is 0.477 e. The molecule has 1 aliphatic rings. The standard InChI is InChI=1S/C9H17N4O12P3/c10-7-1-2-13(9(15)11-7)8-3-5(14)6(24-8)4-23-26(16,17)12-27(18,19)25-28(20,21)22/h1-2,5-6,8,14H,3-4H2,(H2,10,11,15)(H2,20,21,22)(H3,12,16,17,18,19)/t5-,6+,8+/m0/s1. The molecule has 1 fully saturated rings. The molecule has 0 spiro atoms. The van der Waals surface area contributed by atoms with Crippen molar-refractivity contribution in [3.63, 3.8) is 0 Å². The lowest BCUT2D eigenvalue weighted by molar-refractivity contribution is -0.0425. The van der Waals surface area contributed by atoms with E-state index in [9.17, 15) is 28.5 Å². The number of nitrogen functional groups attached to an aromatic ring is 1. The lowest BCUT2D eigenvalue weighted by atomic mass is 10.2. The summed E-state index contributed by atoms with van der Waals surface area (Å²) >= 11 is 0. The Morgan fingerprint density at radius 1 is 1.29 bits per heavy atom. The number of phosphoric acid groups is 1. The Kier molecular flexibility index (Phi) is 6.99. The maximum atomic E-state index is 11.8. The zero-order valence-electron chi connectivity index (χ0n) is 13.7. The normalized spacial score (nSPS) is 27.2. The Balaban J connectivity index is 1.98. The molecule has 2 unspecified atom stereocenters. The van der Waals surface area contributed by atoms with E-state index < -0.39 is 54.0 Å². The van der Waals surface area contributed by atoms with Crippen molar-refractivity contribution in [2.45, 2.75) is 24.9 Å². The molecular formula is C9H17N4O12P3. The van der Waals surface area contributed by atoms with Gasteiger partial charge >= 0.3 is 29.0 Å². The van der Waals surface area contributed by atoms with Gasteiger partial charge in [0.2, 0.25) is 0 Å². The molecule has 1 aliphatic heterocycles. The summed E-state index contributed by atoms with van der Waals surface area (Å²) < 4.78 is 48.0. The first-order chi connectivity index (χ1) is 12.7. The number of nitrogens with zero attached hydrogens (tertiary/aromatic N) is 2. The Hall–Kier alpha value is -0.990. The zero-order chi connectivity index (χ0) is 21.3. The first kappa shape index (κ1) is 23.3. The molecule has 2 heterocycles. The summed E-state index contributed by atoms with van der Waals surface area (Å²) in [6.07, 6.45) is -2.30. The highest BCUT2D eigenvalue weighted by molar-refractivity contribution is 7.70. The molecule has 0 aromatic carbocycles. The van der Waals surface area contributed by atoms with Gasteiger partial charge in [-0.2, -0.15) is 9.29 Å². The van der Waals surface area contributed by atoms with Crippen molar-refractivity contribution >= 4 is 29.1 Å². The maximum absolute atomic E-state index is 11.8. The zero-order valence-corrected chi connectivity index (χ0v) is 16.4. The highest BCUT2D eigenvalue weighted by Crippen LogP contribution is 2.60. The van der Waals surface area contributed by atoms with Gasteiger partial charge in [0.25, 0.3) is 0 Å². The molecule has 8 N–H and O–H groups in total. The number of nitrogens with one attached hydrogen (secondary N) is 1. The van der Waals surface area contributed by atoms with Gasteiger partial charge < -0.3 is 35.2 Å². The minimum atomic E-state index is -5.45. The van der Waals surface area contributed by atoms with Gasteiger partial charge in [-0.25, -0.2) is 18.5 Å². The second-order valence-corrected chi connectivity index (χ2v) is 10.3. The Morgan fingerprint density at radius 3 is 2.50 bits per heavy atom. The topological polar surface area (TPSA) is 253 Å². The van der Waals surface area contributed by atoms with Crippen LogP contribution in [0.1, 0.15) is 12.6 Å². The molecule has 0 amide bonds. The number of ether oxygens (including phenoxy) is 1. The summed E-state index contributed by atoms with van der Waals surface area (Å²) in [4.78, 5) is 51.9. The van der Waals surface area contributed by atoms with E-state index in [4.69, 9.17) is 25.2 Å². The number of hydrogen-bond donors (Lipinski definition) is 7. The van der Waals surface area contributed by atoms with Gasteiger partial charge in [0, 0.05) is 12.6 Å². The molecular weight excluding hydrogens is 449 g/mol. The van der Waals surface area contributed by atoms with E-state index in [0.29, 0.717) is 0 Å². The molecule has 2 rings (SSSR count). The van der Waals surface area contributed by atoms with Gasteiger partial charge in [-0.3, -0.25) is 9.09 Å². The first-order valence-electron chi connectivity index (χ1n) is 7.22. The highest BCUT2D eigenvalue weighted by Gasteiger charge is 2.41. The van der Waals surface area contributed by atoms with Crippen molar-refractivity contribution in [2.24, 2.45) is 0 Å². The Bertz CT molecular complexity index is 916. The van der Waals surface area contributed by atoms with E-state index in [1.54, 1.807) is 0 Å². The molecule has 28 heavy (non-hydrogen) atoms. The van der Waals surface area contributed by atoms with E-state index >= 15 is 0 Å². The van der Waals surface area contributed by atoms with Crippen LogP contribution < -0.4 is 16.3 Å². The van der Waals surface area contributed by atoms with Gasteiger partial charge in [-0.05, 0) is 6.07 Å². The number of aromatic nitrogens is 2. The summed E-state index contributed by atoms with van der Waals surface area (Å²) in [6, 6.07) is 1.31. The van der Waals surface area contributed by atoms with Crippen molar-refractivity contribution in [1.82, 2.24) is 14.4 Å². The molecule has 16 nitrogen and oxygen atoms in total. The van der Waals surface area contributed by atoms with Crippen molar-refractivity contribution in [1.29, 1.82) is 0 Å². The molecule has 1 aromatic heterocycles. The SMILES string of the molecule is Nc1ccn([C@H]2C[C@H](O)[C@@H](COP(=O)(O)NP(=O)(O)OP(=O)(O)O)O2)c(=O)n1. The molecule has 160 valence electrons. The molecule has 0 aliphatic carbocycles. The first-order valence-corrected chi connectivity index (χ1v) is 11.9. The van der Waals surface area contributed by atoms with E-state index in [1.165, 1.54) is 12.3 Å². The van der Waals surface area contributed by atoms with Gasteiger partial charge in [0.05, 0.1) is 12.7 Å². The van der Waals surface area contributed by atoms with E-state index in [-0.39, 0.29) is 12.2 Å². The molecule has 0 bridgehead atoms. The third-order valence-electron chi connectivity index (χ3n) is 3.25. The van der Waals surface area contributed by atoms with Gasteiger partial charge in [0.1, 0.15) is 18.1 Å². The number of rotatable bonds is 8. The van der Waals surface area contributed by atoms with Crippen LogP contribution in [0.2, 0.25) is 0 Å². The third kappa shape index (κ3) is 6.81. The average molecular weight is 466 g/mol. The van der Waals surface area contributed by atoms with Crippen LogP contribution in [0.3, 0.4) is 0 Å². The summed E-state index contributed by atoms with van der Waals surface area (Å²) in [5.41, 5.74) is 4.60. The van der Waals surface area contributed by atoms with Crippen molar-refractivity contribution in [3.05, 3.63) is 22.7 Å². The fourth-order valence-electron chi connectivity index (χ4n) is 2.21. The largest absolute Gasteiger partial charge is 0.477 e. The highest BCUT2D eigenvalue weighted by atomic mass is 31.3. The van der Waals surface area contributed by atoms with Crippen LogP contribution in [0.4, 0.5) is 5.82 Å². The fourth-order valence-corrected chi connectivity index (χ4v) is 5.69. The van der Waals surface area contributed by atoms with E-state index in [2.05, 4.69) is 13.8 Å². The number of hydrogen-bond acceptors (Lipinski definition) is 10. The molecule has 1 saturated heterocycles. The summed E-state index contributed by atoms with van der Waals surface area (Å²) in [7, 11) is -16.0. The molecule has 0 radical (unpaired) electrons. The Labute approximate surface area is 156 Å². The average Bonchev–Trinajstić information content (AvgIpc) is 2.82. The number of aliphatic hydroxyl groups is 1. The minimum Gasteiger partial charge on any atom is -0.390 e. The van der Waals surface area contributed by atoms with Crippen LogP contribution in [0.15, 0.2) is 17.1 Å². The summed E-state index contributed by atoms with van der Waals surface area (Å²) in [6.45, 7) is -0.786. The number of aliphatic hydroxyl groups excluding tert-OH is 1. The van der Waals surface area contributed by atoms with Crippen molar-refractivity contribution in [2.75, 3.05) is 12.3 Å². The smallest absolute Gasteiger partial charge is 0.390 e. The van der Waals surface area contributed by atoms with Crippen LogP contribution in [0.5, 0.6) is 0 Å². The lowest BCUT2D eigenvalue weighted by Crippen LogP contribution is -2.28. The van der Waals surface area contributed by atoms with Crippen LogP contribution in [0.25, 0.3) is 0 Å². The second-order valence-electron chi connectivity index (χ2n) is 5.48. The van der Waals surface area contributed by atoms with Crippen LogP contribution in [-0.2, 0) is 27.3 Å². The predicted octanol–water partition coefficient (Wildman–Crippen LogP) is -1.61. The summed E-state index contributed by atoms with van der Waals surface area (Å²) in [5.74, 6) is -0.0297. The van der Waals surface area contributed by atoms with Gasteiger partial charge in [-0.1, -0.05) is 0 Å². The predicted molar refractivity (Wildman–Crippen MR) is 89.3 cm³/mol. The molecule has 1 aromatic rings.